The van der Waals surface area contributed by atoms with Crippen molar-refractivity contribution in [2.45, 2.75) is 11.5 Å². The molecule has 12 heteroatoms. The molecule has 2 aromatic heterocycles. The molecule has 1 amide bonds. The molecule has 0 aliphatic rings. The number of hydrogen-bond acceptors (Lipinski definition) is 7. The first kappa shape index (κ1) is 23.6. The Morgan fingerprint density at radius 2 is 1.71 bits per heavy atom. The molecule has 0 spiro atoms. The van der Waals surface area contributed by atoms with Crippen molar-refractivity contribution in [1.29, 1.82) is 0 Å². The van der Waals surface area contributed by atoms with Gasteiger partial charge in [-0.1, -0.05) is 29.3 Å². The van der Waals surface area contributed by atoms with Crippen molar-refractivity contribution in [3.05, 3.63) is 94.6 Å². The number of hydrogen-bond donors (Lipinski definition) is 2. The predicted octanol–water partition coefficient (Wildman–Crippen LogP) is 5.01. The summed E-state index contributed by atoms with van der Waals surface area (Å²) in [4.78, 5) is 20.1. The van der Waals surface area contributed by atoms with Crippen molar-refractivity contribution in [3.8, 4) is 5.75 Å². The fourth-order valence-corrected chi connectivity index (χ4v) is 4.07. The number of rotatable bonds is 8. The van der Waals surface area contributed by atoms with Crippen LogP contribution >= 0.6 is 23.2 Å². The van der Waals surface area contributed by atoms with Crippen molar-refractivity contribution in [3.63, 3.8) is 0 Å². The number of aromatic nitrogens is 2. The molecule has 4 rings (SSSR count). The van der Waals surface area contributed by atoms with E-state index in [0.29, 0.717) is 22.2 Å². The van der Waals surface area contributed by atoms with Gasteiger partial charge in [-0.05, 0) is 54.6 Å². The molecule has 0 fully saturated rings. The molecule has 2 heterocycles. The van der Waals surface area contributed by atoms with E-state index in [9.17, 15) is 13.2 Å². The third-order valence-electron chi connectivity index (χ3n) is 4.39. The van der Waals surface area contributed by atoms with E-state index in [0.717, 1.165) is 0 Å². The van der Waals surface area contributed by atoms with Crippen LogP contribution in [0.3, 0.4) is 0 Å². The number of furan rings is 1. The van der Waals surface area contributed by atoms with E-state index in [4.69, 9.17) is 32.4 Å². The SMILES string of the molecule is O=C(Nc1ccc(S(=O)(=O)Nc2ncccn2)cc1)c1ccc(COc2cccc(Cl)c2Cl)o1. The van der Waals surface area contributed by atoms with Crippen LogP contribution in [0.25, 0.3) is 0 Å². The van der Waals surface area contributed by atoms with Crippen LogP contribution in [-0.4, -0.2) is 24.3 Å². The number of carbonyl (C=O) groups is 1. The maximum absolute atomic E-state index is 12.5. The average Bonchev–Trinajstić information content (AvgIpc) is 3.30. The van der Waals surface area contributed by atoms with Crippen LogP contribution in [0, 0.1) is 0 Å². The van der Waals surface area contributed by atoms with Gasteiger partial charge in [-0.3, -0.25) is 4.79 Å². The molecule has 0 bridgehead atoms. The number of nitrogens with zero attached hydrogens (tertiary/aromatic N) is 2. The summed E-state index contributed by atoms with van der Waals surface area (Å²) in [5, 5.41) is 3.28. The van der Waals surface area contributed by atoms with Gasteiger partial charge in [-0.25, -0.2) is 23.1 Å². The molecule has 0 saturated carbocycles. The summed E-state index contributed by atoms with van der Waals surface area (Å²) >= 11 is 12.0. The molecule has 0 radical (unpaired) electrons. The first-order chi connectivity index (χ1) is 16.3. The second kappa shape index (κ2) is 10.1. The highest BCUT2D eigenvalue weighted by Gasteiger charge is 2.17. The van der Waals surface area contributed by atoms with E-state index in [1.807, 2.05) is 0 Å². The van der Waals surface area contributed by atoms with E-state index in [1.165, 1.54) is 42.7 Å². The van der Waals surface area contributed by atoms with Crippen molar-refractivity contribution < 1.29 is 22.4 Å². The van der Waals surface area contributed by atoms with Crippen molar-refractivity contribution >= 4 is 50.8 Å². The van der Waals surface area contributed by atoms with Gasteiger partial charge < -0.3 is 14.5 Å². The summed E-state index contributed by atoms with van der Waals surface area (Å²) in [6.45, 7) is 0.0397. The minimum Gasteiger partial charge on any atom is -0.484 e. The van der Waals surface area contributed by atoms with Crippen molar-refractivity contribution in [2.24, 2.45) is 0 Å². The van der Waals surface area contributed by atoms with Gasteiger partial charge >= 0.3 is 0 Å². The highest BCUT2D eigenvalue weighted by atomic mass is 35.5. The fraction of sp³-hybridized carbons (Fsp3) is 0.0455. The Kier molecular flexibility index (Phi) is 7.01. The number of ether oxygens (including phenoxy) is 1. The van der Waals surface area contributed by atoms with Crippen LogP contribution in [0.2, 0.25) is 10.0 Å². The van der Waals surface area contributed by atoms with Crippen LogP contribution in [-0.2, 0) is 16.6 Å². The number of halogens is 2. The largest absolute Gasteiger partial charge is 0.484 e. The maximum Gasteiger partial charge on any atom is 0.291 e. The maximum atomic E-state index is 12.5. The monoisotopic (exact) mass is 518 g/mol. The Hall–Kier alpha value is -3.60. The number of carbonyl (C=O) groups excluding carboxylic acids is 1. The van der Waals surface area contributed by atoms with Gasteiger partial charge in [0.2, 0.25) is 5.95 Å². The predicted molar refractivity (Wildman–Crippen MR) is 127 cm³/mol. The van der Waals surface area contributed by atoms with Gasteiger partial charge in [0.1, 0.15) is 23.1 Å². The van der Waals surface area contributed by atoms with Crippen molar-refractivity contribution in [2.75, 3.05) is 10.0 Å². The Morgan fingerprint density at radius 1 is 0.971 bits per heavy atom. The molecule has 2 aromatic carbocycles. The first-order valence-electron chi connectivity index (χ1n) is 9.68. The van der Waals surface area contributed by atoms with Gasteiger partial charge in [0.05, 0.1) is 9.92 Å². The third kappa shape index (κ3) is 5.66. The number of nitrogens with one attached hydrogen (secondary N) is 2. The Labute approximate surface area is 204 Å². The smallest absolute Gasteiger partial charge is 0.291 e. The van der Waals surface area contributed by atoms with E-state index < -0.39 is 15.9 Å². The molecule has 0 aliphatic heterocycles. The van der Waals surface area contributed by atoms with Gasteiger partial charge in [0.25, 0.3) is 15.9 Å². The summed E-state index contributed by atoms with van der Waals surface area (Å²) in [7, 11) is -3.88. The first-order valence-corrected chi connectivity index (χ1v) is 11.9. The highest BCUT2D eigenvalue weighted by molar-refractivity contribution is 7.92. The normalized spacial score (nSPS) is 11.1. The van der Waals surface area contributed by atoms with E-state index in [2.05, 4.69) is 20.0 Å². The molecule has 2 N–H and O–H groups in total. The van der Waals surface area contributed by atoms with E-state index >= 15 is 0 Å². The van der Waals surface area contributed by atoms with Crippen LogP contribution in [0.4, 0.5) is 11.6 Å². The zero-order chi connectivity index (χ0) is 24.1. The minimum atomic E-state index is -3.88. The molecule has 0 atom stereocenters. The fourth-order valence-electron chi connectivity index (χ4n) is 2.76. The molecular weight excluding hydrogens is 503 g/mol. The molecule has 9 nitrogen and oxygen atoms in total. The zero-order valence-electron chi connectivity index (χ0n) is 17.2. The number of anilines is 2. The van der Waals surface area contributed by atoms with Gasteiger partial charge in [-0.15, -0.1) is 0 Å². The molecular formula is C22H16Cl2N4O5S. The lowest BCUT2D eigenvalue weighted by Gasteiger charge is -2.08. The minimum absolute atomic E-state index is 0.0185. The second-order valence-corrected chi connectivity index (χ2v) is 9.23. The van der Waals surface area contributed by atoms with Crippen LogP contribution < -0.4 is 14.8 Å². The summed E-state index contributed by atoms with van der Waals surface area (Å²) in [5.41, 5.74) is 0.375. The third-order valence-corrected chi connectivity index (χ3v) is 6.53. The van der Waals surface area contributed by atoms with E-state index in [-0.39, 0.29) is 28.2 Å². The topological polar surface area (TPSA) is 123 Å². The molecule has 34 heavy (non-hydrogen) atoms. The standard InChI is InChI=1S/C22H16Cl2N4O5S/c23-17-3-1-4-18(20(17)24)32-13-15-7-10-19(33-15)21(29)27-14-5-8-16(9-6-14)34(30,31)28-22-25-11-2-12-26-22/h1-12H,13H2,(H,27,29)(H,25,26,28). The number of sulfonamides is 1. The summed E-state index contributed by atoms with van der Waals surface area (Å²) < 4.78 is 38.3. The summed E-state index contributed by atoms with van der Waals surface area (Å²) in [6, 6.07) is 15.3. The highest BCUT2D eigenvalue weighted by Crippen LogP contribution is 2.32. The number of amides is 1. The summed E-state index contributed by atoms with van der Waals surface area (Å²) in [5.74, 6) is 0.278. The van der Waals surface area contributed by atoms with Gasteiger partial charge in [0.15, 0.2) is 5.76 Å². The lowest BCUT2D eigenvalue weighted by molar-refractivity contribution is 0.0992. The Balaban J connectivity index is 1.37. The zero-order valence-corrected chi connectivity index (χ0v) is 19.6. The Bertz CT molecular complexity index is 1410. The second-order valence-electron chi connectivity index (χ2n) is 6.76. The average molecular weight is 519 g/mol. The van der Waals surface area contributed by atoms with E-state index in [1.54, 1.807) is 30.3 Å². The summed E-state index contributed by atoms with van der Waals surface area (Å²) in [6.07, 6.45) is 2.84. The molecule has 0 aliphatic carbocycles. The van der Waals surface area contributed by atoms with Crippen LogP contribution in [0.15, 0.2) is 82.4 Å². The van der Waals surface area contributed by atoms with Gasteiger partial charge in [-0.2, -0.15) is 0 Å². The van der Waals surface area contributed by atoms with Gasteiger partial charge in [0, 0.05) is 18.1 Å². The lowest BCUT2D eigenvalue weighted by Crippen LogP contribution is -2.15. The van der Waals surface area contributed by atoms with Crippen LogP contribution in [0.5, 0.6) is 5.75 Å². The number of benzene rings is 2. The Morgan fingerprint density at radius 3 is 2.44 bits per heavy atom. The molecule has 174 valence electrons. The lowest BCUT2D eigenvalue weighted by atomic mass is 10.3. The van der Waals surface area contributed by atoms with Crippen LogP contribution in [0.1, 0.15) is 16.3 Å². The molecule has 0 unspecified atom stereocenters. The van der Waals surface area contributed by atoms with Crippen molar-refractivity contribution in [1.82, 2.24) is 9.97 Å². The molecule has 4 aromatic rings. The molecule has 0 saturated heterocycles. The quantitative estimate of drug-likeness (QED) is 0.336.